The number of nitrogens with one attached hydrogen (secondary N) is 1. The number of aromatic hydroxyl groups is 1. The normalized spacial score (nSPS) is 18.0. The SMILES string of the molecule is Cc1ccc(O)c(C2=NN(C(=S)Nc3ccccc3)C(c3ccc(N4CCOCC4)cc3)C2)c1. The van der Waals surface area contributed by atoms with Gasteiger partial charge in [-0.15, -0.1) is 0 Å². The van der Waals surface area contributed by atoms with Crippen molar-refractivity contribution in [1.29, 1.82) is 0 Å². The summed E-state index contributed by atoms with van der Waals surface area (Å²) in [7, 11) is 0. The van der Waals surface area contributed by atoms with Gasteiger partial charge in [-0.2, -0.15) is 5.10 Å². The summed E-state index contributed by atoms with van der Waals surface area (Å²) in [6.07, 6.45) is 0.643. The Hall–Kier alpha value is -3.42. The molecule has 34 heavy (non-hydrogen) atoms. The summed E-state index contributed by atoms with van der Waals surface area (Å²) < 4.78 is 5.48. The Morgan fingerprint density at radius 1 is 1.03 bits per heavy atom. The molecule has 3 aromatic carbocycles. The third-order valence-corrected chi connectivity index (χ3v) is 6.55. The number of hydrogen-bond acceptors (Lipinski definition) is 5. The Bertz CT molecular complexity index is 1190. The van der Waals surface area contributed by atoms with E-state index in [1.54, 1.807) is 6.07 Å². The van der Waals surface area contributed by atoms with E-state index in [1.165, 1.54) is 5.69 Å². The van der Waals surface area contributed by atoms with Crippen LogP contribution in [0.1, 0.15) is 29.2 Å². The van der Waals surface area contributed by atoms with Crippen LogP contribution in [0.2, 0.25) is 0 Å². The van der Waals surface area contributed by atoms with Crippen LogP contribution in [-0.2, 0) is 4.74 Å². The van der Waals surface area contributed by atoms with Crippen molar-refractivity contribution in [2.24, 2.45) is 5.10 Å². The molecule has 1 atom stereocenters. The van der Waals surface area contributed by atoms with Crippen LogP contribution in [0.25, 0.3) is 0 Å². The number of thiocarbonyl (C=S) groups is 1. The van der Waals surface area contributed by atoms with Gasteiger partial charge in [-0.1, -0.05) is 42.0 Å². The van der Waals surface area contributed by atoms with Gasteiger partial charge in [0.1, 0.15) is 5.75 Å². The molecule has 0 amide bonds. The van der Waals surface area contributed by atoms with Gasteiger partial charge in [-0.25, -0.2) is 5.01 Å². The van der Waals surface area contributed by atoms with Crippen molar-refractivity contribution in [1.82, 2.24) is 5.01 Å². The molecule has 0 saturated carbocycles. The monoisotopic (exact) mass is 472 g/mol. The third kappa shape index (κ3) is 4.76. The van der Waals surface area contributed by atoms with Crippen LogP contribution in [0, 0.1) is 6.92 Å². The minimum absolute atomic E-state index is 0.0719. The maximum absolute atomic E-state index is 10.5. The fourth-order valence-electron chi connectivity index (χ4n) is 4.43. The van der Waals surface area contributed by atoms with E-state index in [4.69, 9.17) is 22.1 Å². The number of aryl methyl sites for hydroxylation is 1. The van der Waals surface area contributed by atoms with E-state index in [2.05, 4.69) is 34.5 Å². The molecule has 2 heterocycles. The third-order valence-electron chi connectivity index (χ3n) is 6.26. The van der Waals surface area contributed by atoms with Crippen molar-refractivity contribution >= 4 is 34.4 Å². The van der Waals surface area contributed by atoms with Gasteiger partial charge in [0.25, 0.3) is 0 Å². The van der Waals surface area contributed by atoms with Crippen LogP contribution >= 0.6 is 12.2 Å². The van der Waals surface area contributed by atoms with Crippen molar-refractivity contribution in [2.45, 2.75) is 19.4 Å². The summed E-state index contributed by atoms with van der Waals surface area (Å²) in [5, 5.41) is 21.1. The van der Waals surface area contributed by atoms with Gasteiger partial charge in [-0.05, 0) is 61.1 Å². The standard InChI is InChI=1S/C27H28N4O2S/c1-19-7-12-26(32)23(17-19)24-18-25(31(29-24)27(34)28-21-5-3-2-4-6-21)20-8-10-22(11-9-20)30-13-15-33-16-14-30/h2-12,17,25,32H,13-16,18H2,1H3,(H,28,34). The van der Waals surface area contributed by atoms with E-state index >= 15 is 0 Å². The van der Waals surface area contributed by atoms with Crippen molar-refractivity contribution < 1.29 is 9.84 Å². The second kappa shape index (κ2) is 9.83. The summed E-state index contributed by atoms with van der Waals surface area (Å²) in [6.45, 7) is 5.34. The number of anilines is 2. The minimum Gasteiger partial charge on any atom is -0.507 e. The topological polar surface area (TPSA) is 60.3 Å². The maximum atomic E-state index is 10.5. The Morgan fingerprint density at radius 2 is 1.76 bits per heavy atom. The average Bonchev–Trinajstić information content (AvgIpc) is 3.32. The van der Waals surface area contributed by atoms with Gasteiger partial charge in [0.15, 0.2) is 5.11 Å². The number of phenols is 1. The van der Waals surface area contributed by atoms with Crippen molar-refractivity contribution in [3.63, 3.8) is 0 Å². The van der Waals surface area contributed by atoms with Crippen LogP contribution in [0.3, 0.4) is 0 Å². The molecule has 2 aliphatic heterocycles. The van der Waals surface area contributed by atoms with Crippen molar-refractivity contribution in [2.75, 3.05) is 36.5 Å². The molecule has 6 nitrogen and oxygen atoms in total. The smallest absolute Gasteiger partial charge is 0.194 e. The molecule has 3 aromatic rings. The highest BCUT2D eigenvalue weighted by molar-refractivity contribution is 7.80. The quantitative estimate of drug-likeness (QED) is 0.516. The Morgan fingerprint density at radius 3 is 2.50 bits per heavy atom. The van der Waals surface area contributed by atoms with Crippen LogP contribution < -0.4 is 10.2 Å². The lowest BCUT2D eigenvalue weighted by molar-refractivity contribution is 0.122. The van der Waals surface area contributed by atoms with Gasteiger partial charge in [0.05, 0.1) is 25.0 Å². The van der Waals surface area contributed by atoms with Gasteiger partial charge in [-0.3, -0.25) is 0 Å². The second-order valence-corrected chi connectivity index (χ2v) is 9.01. The lowest BCUT2D eigenvalue weighted by Gasteiger charge is -2.29. The highest BCUT2D eigenvalue weighted by atomic mass is 32.1. The molecule has 0 bridgehead atoms. The van der Waals surface area contributed by atoms with Crippen LogP contribution in [0.15, 0.2) is 77.9 Å². The summed E-state index contributed by atoms with van der Waals surface area (Å²) in [6, 6.07) is 24.0. The number of nitrogens with zero attached hydrogens (tertiary/aromatic N) is 3. The number of para-hydroxylation sites is 1. The molecule has 7 heteroatoms. The zero-order valence-electron chi connectivity index (χ0n) is 19.1. The van der Waals surface area contributed by atoms with Gasteiger partial charge in [0, 0.05) is 36.4 Å². The molecular formula is C27H28N4O2S. The molecule has 2 N–H and O–H groups in total. The molecule has 1 unspecified atom stereocenters. The molecule has 5 rings (SSSR count). The molecule has 2 aliphatic rings. The highest BCUT2D eigenvalue weighted by Gasteiger charge is 2.32. The number of rotatable bonds is 4. The summed E-state index contributed by atoms with van der Waals surface area (Å²) in [5.74, 6) is 0.231. The number of hydrazone groups is 1. The van der Waals surface area contributed by atoms with E-state index in [1.807, 2.05) is 54.4 Å². The minimum atomic E-state index is -0.0719. The average molecular weight is 473 g/mol. The molecule has 174 valence electrons. The largest absolute Gasteiger partial charge is 0.507 e. The molecule has 0 radical (unpaired) electrons. The van der Waals surface area contributed by atoms with Gasteiger partial charge < -0.3 is 20.1 Å². The predicted molar refractivity (Wildman–Crippen MR) is 141 cm³/mol. The lowest BCUT2D eigenvalue weighted by Crippen LogP contribution is -2.36. The molecular weight excluding hydrogens is 444 g/mol. The van der Waals surface area contributed by atoms with Gasteiger partial charge in [0.2, 0.25) is 0 Å². The zero-order valence-corrected chi connectivity index (χ0v) is 20.0. The number of ether oxygens (including phenoxy) is 1. The van der Waals surface area contributed by atoms with Gasteiger partial charge >= 0.3 is 0 Å². The van der Waals surface area contributed by atoms with E-state index in [0.717, 1.165) is 54.4 Å². The Labute approximate surface area is 205 Å². The zero-order chi connectivity index (χ0) is 23.5. The highest BCUT2D eigenvalue weighted by Crippen LogP contribution is 2.36. The summed E-state index contributed by atoms with van der Waals surface area (Å²) >= 11 is 5.79. The molecule has 0 aliphatic carbocycles. The van der Waals surface area contributed by atoms with Crippen molar-refractivity contribution in [3.8, 4) is 5.75 Å². The van der Waals surface area contributed by atoms with E-state index in [-0.39, 0.29) is 11.8 Å². The van der Waals surface area contributed by atoms with Crippen LogP contribution in [0.4, 0.5) is 11.4 Å². The lowest BCUT2D eigenvalue weighted by atomic mass is 9.97. The van der Waals surface area contributed by atoms with Crippen LogP contribution in [-0.4, -0.2) is 47.2 Å². The predicted octanol–water partition coefficient (Wildman–Crippen LogP) is 5.09. The molecule has 1 fully saturated rings. The van der Waals surface area contributed by atoms with E-state index in [9.17, 15) is 5.11 Å². The number of morpholine rings is 1. The van der Waals surface area contributed by atoms with E-state index < -0.39 is 0 Å². The fourth-order valence-corrected chi connectivity index (χ4v) is 4.72. The van der Waals surface area contributed by atoms with Crippen molar-refractivity contribution in [3.05, 3.63) is 89.5 Å². The first kappa shape index (κ1) is 22.4. The summed E-state index contributed by atoms with van der Waals surface area (Å²) in [4.78, 5) is 2.34. The maximum Gasteiger partial charge on any atom is 0.194 e. The van der Waals surface area contributed by atoms with E-state index in [0.29, 0.717) is 11.5 Å². The number of hydrogen-bond donors (Lipinski definition) is 2. The Balaban J connectivity index is 1.44. The molecule has 1 saturated heterocycles. The summed E-state index contributed by atoms with van der Waals surface area (Å²) in [5.41, 5.74) is 5.88. The molecule has 0 spiro atoms. The van der Waals surface area contributed by atoms with Crippen LogP contribution in [0.5, 0.6) is 5.75 Å². The Kier molecular flexibility index (Phi) is 6.47. The first-order valence-electron chi connectivity index (χ1n) is 11.5. The second-order valence-electron chi connectivity index (χ2n) is 8.62. The first-order valence-corrected chi connectivity index (χ1v) is 11.9. The molecule has 0 aromatic heterocycles. The number of benzene rings is 3. The fraction of sp³-hybridized carbons (Fsp3) is 0.259. The number of phenolic OH excluding ortho intramolecular Hbond substituents is 1. The first-order chi connectivity index (χ1) is 16.6.